The summed E-state index contributed by atoms with van der Waals surface area (Å²) in [5.41, 5.74) is 2.80. The molecule has 1 amide bonds. The van der Waals surface area contributed by atoms with Crippen molar-refractivity contribution in [3.05, 3.63) is 124 Å². The molecule has 0 saturated carbocycles. The molecule has 2 aromatic heterocycles. The van der Waals surface area contributed by atoms with Crippen LogP contribution in [0.3, 0.4) is 0 Å². The van der Waals surface area contributed by atoms with E-state index < -0.39 is 5.91 Å². The molecule has 31 heavy (non-hydrogen) atoms. The van der Waals surface area contributed by atoms with Crippen LogP contribution in [-0.2, 0) is 6.54 Å². The van der Waals surface area contributed by atoms with Crippen LogP contribution in [0.2, 0.25) is 0 Å². The summed E-state index contributed by atoms with van der Waals surface area (Å²) in [5, 5.41) is 7.03. The fraction of sp³-hybridized carbons (Fsp3) is 0.0400. The number of nitrogens with one attached hydrogen (secondary N) is 1. The summed E-state index contributed by atoms with van der Waals surface area (Å²) < 4.78 is 1.28. The van der Waals surface area contributed by atoms with Gasteiger partial charge in [-0.25, -0.2) is 9.67 Å². The van der Waals surface area contributed by atoms with Crippen LogP contribution in [0.1, 0.15) is 27.3 Å². The minimum absolute atomic E-state index is 0.153. The van der Waals surface area contributed by atoms with Gasteiger partial charge in [0.05, 0.1) is 6.54 Å². The highest BCUT2D eigenvalue weighted by Crippen LogP contribution is 2.11. The molecule has 1 N–H and O–H groups in total. The molecule has 0 unspecified atom stereocenters. The van der Waals surface area contributed by atoms with Crippen LogP contribution in [0.5, 0.6) is 0 Å². The van der Waals surface area contributed by atoms with Crippen LogP contribution in [0.4, 0.5) is 5.69 Å². The Hall–Kier alpha value is -4.50. The number of amides is 1. The summed E-state index contributed by atoms with van der Waals surface area (Å²) in [7, 11) is 0. The average Bonchev–Trinajstić information content (AvgIpc) is 2.81. The second kappa shape index (κ2) is 9.33. The first kappa shape index (κ1) is 19.8. The molecule has 0 saturated heterocycles. The lowest BCUT2D eigenvalue weighted by molar-refractivity contribution is 0.102. The van der Waals surface area contributed by atoms with E-state index in [2.05, 4.69) is 27.2 Å². The lowest BCUT2D eigenvalue weighted by Crippen LogP contribution is -2.26. The molecule has 0 bridgehead atoms. The zero-order chi connectivity index (χ0) is 21.5. The molecule has 0 radical (unpaired) electrons. The maximum atomic E-state index is 12.7. The molecule has 2 heterocycles. The van der Waals surface area contributed by atoms with Crippen LogP contribution in [0.25, 0.3) is 0 Å². The molecule has 0 fully saturated rings. The Morgan fingerprint density at radius 1 is 0.903 bits per heavy atom. The number of hydrogen-bond donors (Lipinski definition) is 1. The number of carbonyl (C=O) groups excluding carboxylic acids is 1. The average molecular weight is 406 g/mol. The number of rotatable bonds is 4. The monoisotopic (exact) mass is 406 g/mol. The van der Waals surface area contributed by atoms with Gasteiger partial charge in [0.2, 0.25) is 0 Å². The van der Waals surface area contributed by atoms with E-state index in [1.807, 2.05) is 60.7 Å². The summed E-state index contributed by atoms with van der Waals surface area (Å²) in [4.78, 5) is 29.0. The van der Waals surface area contributed by atoms with E-state index in [0.717, 1.165) is 11.1 Å². The van der Waals surface area contributed by atoms with Crippen LogP contribution in [0, 0.1) is 11.8 Å². The molecule has 6 heteroatoms. The lowest BCUT2D eigenvalue weighted by atomic mass is 10.2. The Balaban J connectivity index is 1.50. The van der Waals surface area contributed by atoms with Crippen LogP contribution in [0.15, 0.2) is 95.9 Å². The van der Waals surface area contributed by atoms with Gasteiger partial charge in [-0.05, 0) is 47.9 Å². The highest BCUT2D eigenvalue weighted by Gasteiger charge is 2.10. The first-order valence-electron chi connectivity index (χ1n) is 9.64. The molecule has 4 aromatic rings. The molecule has 0 aliphatic heterocycles. The smallest absolute Gasteiger partial charge is 0.276 e. The van der Waals surface area contributed by atoms with Crippen molar-refractivity contribution in [2.75, 3.05) is 5.32 Å². The summed E-state index contributed by atoms with van der Waals surface area (Å²) in [5.74, 6) is 5.61. The van der Waals surface area contributed by atoms with Crippen molar-refractivity contribution in [1.82, 2.24) is 14.8 Å². The van der Waals surface area contributed by atoms with Crippen molar-refractivity contribution < 1.29 is 4.79 Å². The quantitative estimate of drug-likeness (QED) is 0.528. The number of pyridine rings is 1. The number of carbonyl (C=O) groups is 1. The van der Waals surface area contributed by atoms with Crippen LogP contribution in [-0.4, -0.2) is 20.7 Å². The van der Waals surface area contributed by atoms with Crippen molar-refractivity contribution in [3.8, 4) is 11.8 Å². The normalized spacial score (nSPS) is 10.1. The first-order chi connectivity index (χ1) is 15.2. The van der Waals surface area contributed by atoms with Crippen molar-refractivity contribution in [1.29, 1.82) is 0 Å². The molecule has 2 aromatic carbocycles. The predicted octanol–water partition coefficient (Wildman–Crippen LogP) is 3.34. The van der Waals surface area contributed by atoms with E-state index >= 15 is 0 Å². The van der Waals surface area contributed by atoms with Crippen molar-refractivity contribution in [2.24, 2.45) is 0 Å². The molecule has 0 atom stereocenters. The van der Waals surface area contributed by atoms with Gasteiger partial charge in [-0.3, -0.25) is 9.59 Å². The standard InChI is InChI=1S/C25H18N4O2/c30-24-15-14-23(28-29(24)18-20-7-2-1-3-8-20)25(31)27-22-11-6-9-19(17-22)12-13-21-10-4-5-16-26-21/h1-11,14-17H,18H2,(H,27,31). The van der Waals surface area contributed by atoms with E-state index in [4.69, 9.17) is 0 Å². The van der Waals surface area contributed by atoms with E-state index in [9.17, 15) is 9.59 Å². The fourth-order valence-corrected chi connectivity index (χ4v) is 2.88. The Kier molecular flexibility index (Phi) is 5.96. The van der Waals surface area contributed by atoms with Crippen molar-refractivity contribution in [2.45, 2.75) is 6.54 Å². The van der Waals surface area contributed by atoms with Gasteiger partial charge in [-0.1, -0.05) is 48.4 Å². The van der Waals surface area contributed by atoms with Crippen LogP contribution < -0.4 is 10.9 Å². The summed E-state index contributed by atoms with van der Waals surface area (Å²) in [6, 6.07) is 25.0. The summed E-state index contributed by atoms with van der Waals surface area (Å²) in [6.45, 7) is 0.291. The molecule has 0 aliphatic rings. The van der Waals surface area contributed by atoms with E-state index in [1.165, 1.54) is 16.8 Å². The van der Waals surface area contributed by atoms with Gasteiger partial charge in [-0.2, -0.15) is 5.10 Å². The summed E-state index contributed by atoms with van der Waals surface area (Å²) >= 11 is 0. The fourth-order valence-electron chi connectivity index (χ4n) is 2.88. The number of nitrogens with zero attached hydrogens (tertiary/aromatic N) is 3. The molecule has 4 rings (SSSR count). The minimum atomic E-state index is -0.406. The van der Waals surface area contributed by atoms with Gasteiger partial charge in [0.15, 0.2) is 0 Å². The Morgan fingerprint density at radius 3 is 2.55 bits per heavy atom. The Labute approximate surface area is 179 Å². The summed E-state index contributed by atoms with van der Waals surface area (Å²) in [6.07, 6.45) is 1.69. The molecule has 6 nitrogen and oxygen atoms in total. The molecule has 0 aliphatic carbocycles. The third kappa shape index (κ3) is 5.31. The molecular formula is C25H18N4O2. The number of hydrogen-bond acceptors (Lipinski definition) is 4. The van der Waals surface area contributed by atoms with E-state index in [-0.39, 0.29) is 11.3 Å². The van der Waals surface area contributed by atoms with E-state index in [1.54, 1.807) is 18.3 Å². The van der Waals surface area contributed by atoms with Crippen molar-refractivity contribution in [3.63, 3.8) is 0 Å². The zero-order valence-corrected chi connectivity index (χ0v) is 16.5. The van der Waals surface area contributed by atoms with Gasteiger partial charge < -0.3 is 5.32 Å². The number of aromatic nitrogens is 3. The highest BCUT2D eigenvalue weighted by molar-refractivity contribution is 6.02. The lowest BCUT2D eigenvalue weighted by Gasteiger charge is -2.08. The zero-order valence-electron chi connectivity index (χ0n) is 16.5. The molecular weight excluding hydrogens is 388 g/mol. The third-order valence-corrected chi connectivity index (χ3v) is 4.39. The maximum absolute atomic E-state index is 12.7. The second-order valence-electron chi connectivity index (χ2n) is 6.70. The van der Waals surface area contributed by atoms with Gasteiger partial charge in [0, 0.05) is 23.5 Å². The maximum Gasteiger partial charge on any atom is 0.276 e. The predicted molar refractivity (Wildman–Crippen MR) is 119 cm³/mol. The van der Waals surface area contributed by atoms with Gasteiger partial charge >= 0.3 is 0 Å². The first-order valence-corrected chi connectivity index (χ1v) is 9.64. The van der Waals surface area contributed by atoms with Gasteiger partial charge in [0.25, 0.3) is 11.5 Å². The number of benzene rings is 2. The minimum Gasteiger partial charge on any atom is -0.321 e. The third-order valence-electron chi connectivity index (χ3n) is 4.39. The topological polar surface area (TPSA) is 76.9 Å². The highest BCUT2D eigenvalue weighted by atomic mass is 16.2. The van der Waals surface area contributed by atoms with Gasteiger partial charge in [0.1, 0.15) is 11.4 Å². The number of anilines is 1. The SMILES string of the molecule is O=C(Nc1cccc(C#Cc2ccccn2)c1)c1ccc(=O)n(Cc2ccccc2)n1. The Morgan fingerprint density at radius 2 is 1.74 bits per heavy atom. The Bertz CT molecular complexity index is 1320. The largest absolute Gasteiger partial charge is 0.321 e. The van der Waals surface area contributed by atoms with Crippen LogP contribution >= 0.6 is 0 Å². The second-order valence-corrected chi connectivity index (χ2v) is 6.70. The molecule has 0 spiro atoms. The molecule has 150 valence electrons. The van der Waals surface area contributed by atoms with Gasteiger partial charge in [-0.15, -0.1) is 0 Å². The van der Waals surface area contributed by atoms with E-state index in [0.29, 0.717) is 17.9 Å². The van der Waals surface area contributed by atoms with Crippen molar-refractivity contribution >= 4 is 11.6 Å².